The molecule has 1 aromatic heterocycles. The molecule has 0 saturated carbocycles. The Morgan fingerprint density at radius 2 is 1.88 bits per heavy atom. The zero-order valence-corrected chi connectivity index (χ0v) is 23.7. The molecule has 212 valence electrons. The van der Waals surface area contributed by atoms with Crippen LogP contribution in [0.3, 0.4) is 0 Å². The Morgan fingerprint density at radius 1 is 1.22 bits per heavy atom. The van der Waals surface area contributed by atoms with Gasteiger partial charge in [0, 0.05) is 42.5 Å². The number of nitrogens with two attached hydrogens (primary N) is 1. The zero-order chi connectivity index (χ0) is 29.5. The van der Waals surface area contributed by atoms with Crippen LogP contribution < -0.4 is 16.4 Å². The first kappa shape index (κ1) is 28.0. The molecule has 2 aromatic carbocycles. The summed E-state index contributed by atoms with van der Waals surface area (Å²) < 4.78 is 0. The van der Waals surface area contributed by atoms with Gasteiger partial charge in [0.15, 0.2) is 5.82 Å². The molecule has 0 bridgehead atoms. The van der Waals surface area contributed by atoms with Gasteiger partial charge in [-0.05, 0) is 79.1 Å². The average Bonchev–Trinajstić information content (AvgIpc) is 3.68. The Hall–Kier alpha value is -4.56. The Labute approximate surface area is 239 Å². The molecule has 11 heteroatoms. The van der Waals surface area contributed by atoms with Crippen LogP contribution in [0.5, 0.6) is 0 Å². The van der Waals surface area contributed by atoms with Gasteiger partial charge in [0.25, 0.3) is 5.91 Å². The van der Waals surface area contributed by atoms with Gasteiger partial charge in [-0.1, -0.05) is 30.8 Å². The van der Waals surface area contributed by atoms with Crippen molar-refractivity contribution < 1.29 is 9.59 Å². The van der Waals surface area contributed by atoms with Gasteiger partial charge in [-0.15, -0.1) is 10.2 Å². The molecule has 1 aliphatic heterocycles. The number of tetrazole rings is 1. The number of fused-ring (bicyclic) bond motifs is 3. The second-order valence-corrected chi connectivity index (χ2v) is 11.2. The van der Waals surface area contributed by atoms with E-state index in [1.54, 1.807) is 25.2 Å². The number of benzene rings is 2. The van der Waals surface area contributed by atoms with E-state index in [2.05, 4.69) is 69.6 Å². The summed E-state index contributed by atoms with van der Waals surface area (Å²) in [5, 5.41) is 31.4. The highest BCUT2D eigenvalue weighted by Gasteiger charge is 2.49. The SMILES string of the molecule is C=C(CN[C@H](C)CC1(c2nn[nH]n2)c2ccc(C(N)=O)cc2-c2cc(C(=O)NC)ccc21)N1C(C#N)C[C@H](C)C1C. The first-order chi connectivity index (χ1) is 19.6. The van der Waals surface area contributed by atoms with E-state index in [9.17, 15) is 14.9 Å². The highest BCUT2D eigenvalue weighted by atomic mass is 16.1. The minimum atomic E-state index is -0.826. The minimum absolute atomic E-state index is 0.0608. The zero-order valence-electron chi connectivity index (χ0n) is 23.7. The topological polar surface area (TPSA) is 166 Å². The van der Waals surface area contributed by atoms with Crippen molar-refractivity contribution in [1.29, 1.82) is 5.26 Å². The number of amides is 2. The van der Waals surface area contributed by atoms with E-state index in [-0.39, 0.29) is 24.0 Å². The molecule has 11 nitrogen and oxygen atoms in total. The van der Waals surface area contributed by atoms with Crippen molar-refractivity contribution in [1.82, 2.24) is 36.2 Å². The number of rotatable bonds is 9. The number of hydrogen-bond acceptors (Lipinski definition) is 8. The summed E-state index contributed by atoms with van der Waals surface area (Å²) in [6.45, 7) is 11.2. The molecule has 2 heterocycles. The Balaban J connectivity index is 1.53. The normalized spacial score (nSPS) is 23.4. The second kappa shape index (κ2) is 10.8. The van der Waals surface area contributed by atoms with E-state index in [1.165, 1.54) is 0 Å². The molecule has 0 radical (unpaired) electrons. The third-order valence-electron chi connectivity index (χ3n) is 8.72. The van der Waals surface area contributed by atoms with Crippen molar-refractivity contribution in [3.05, 3.63) is 76.8 Å². The lowest BCUT2D eigenvalue weighted by atomic mass is 9.72. The Kier molecular flexibility index (Phi) is 7.36. The largest absolute Gasteiger partial charge is 0.366 e. The van der Waals surface area contributed by atoms with Gasteiger partial charge < -0.3 is 21.3 Å². The van der Waals surface area contributed by atoms with Crippen molar-refractivity contribution in [2.45, 2.75) is 57.2 Å². The highest BCUT2D eigenvalue weighted by molar-refractivity contribution is 5.99. The molecule has 5 rings (SSSR count). The maximum absolute atomic E-state index is 12.5. The van der Waals surface area contributed by atoms with Crippen molar-refractivity contribution in [2.75, 3.05) is 13.6 Å². The molecule has 1 fully saturated rings. The van der Waals surface area contributed by atoms with Crippen LogP contribution in [0.2, 0.25) is 0 Å². The number of nitrogens with zero attached hydrogens (tertiary/aromatic N) is 5. The first-order valence-electron chi connectivity index (χ1n) is 13.8. The van der Waals surface area contributed by atoms with Gasteiger partial charge in [0.1, 0.15) is 6.04 Å². The molecule has 3 aromatic rings. The van der Waals surface area contributed by atoms with Gasteiger partial charge in [0.05, 0.1) is 11.5 Å². The van der Waals surface area contributed by atoms with Crippen molar-refractivity contribution in [2.24, 2.45) is 11.7 Å². The van der Waals surface area contributed by atoms with E-state index in [0.29, 0.717) is 35.8 Å². The predicted octanol–water partition coefficient (Wildman–Crippen LogP) is 2.48. The van der Waals surface area contributed by atoms with Crippen LogP contribution in [0.25, 0.3) is 11.1 Å². The number of likely N-dealkylation sites (tertiary alicyclic amines) is 1. The van der Waals surface area contributed by atoms with Crippen LogP contribution in [-0.4, -0.2) is 69.1 Å². The van der Waals surface area contributed by atoms with Crippen LogP contribution in [-0.2, 0) is 5.41 Å². The maximum atomic E-state index is 12.5. The molecule has 5 N–H and O–H groups in total. The Morgan fingerprint density at radius 3 is 2.46 bits per heavy atom. The van der Waals surface area contributed by atoms with Gasteiger partial charge in [-0.25, -0.2) is 0 Å². The van der Waals surface area contributed by atoms with E-state index in [0.717, 1.165) is 34.4 Å². The number of nitriles is 1. The number of primary amides is 1. The smallest absolute Gasteiger partial charge is 0.251 e. The minimum Gasteiger partial charge on any atom is -0.366 e. The van der Waals surface area contributed by atoms with Crippen LogP contribution >= 0.6 is 0 Å². The number of carbonyl (C=O) groups is 2. The van der Waals surface area contributed by atoms with Gasteiger partial charge in [-0.2, -0.15) is 10.5 Å². The van der Waals surface area contributed by atoms with E-state index in [1.807, 2.05) is 18.2 Å². The molecule has 2 aliphatic rings. The van der Waals surface area contributed by atoms with Gasteiger partial charge in [-0.3, -0.25) is 9.59 Å². The van der Waals surface area contributed by atoms with Crippen LogP contribution in [0.15, 0.2) is 48.7 Å². The van der Waals surface area contributed by atoms with Gasteiger partial charge >= 0.3 is 0 Å². The molecule has 3 unspecified atom stereocenters. The lowest BCUT2D eigenvalue weighted by Crippen LogP contribution is -2.42. The third kappa shape index (κ3) is 4.64. The van der Waals surface area contributed by atoms with Crippen molar-refractivity contribution in [3.63, 3.8) is 0 Å². The summed E-state index contributed by atoms with van der Waals surface area (Å²) in [6, 6.07) is 13.3. The number of hydrogen-bond donors (Lipinski definition) is 4. The summed E-state index contributed by atoms with van der Waals surface area (Å²) >= 11 is 0. The maximum Gasteiger partial charge on any atom is 0.251 e. The summed E-state index contributed by atoms with van der Waals surface area (Å²) in [7, 11) is 1.59. The molecule has 0 spiro atoms. The van der Waals surface area contributed by atoms with E-state index < -0.39 is 11.3 Å². The third-order valence-corrected chi connectivity index (χ3v) is 8.72. The quantitative estimate of drug-likeness (QED) is 0.314. The molecular formula is C30H35N9O2. The van der Waals surface area contributed by atoms with Gasteiger partial charge in [0.2, 0.25) is 5.91 Å². The lowest BCUT2D eigenvalue weighted by molar-refractivity contribution is 0.0961. The highest BCUT2D eigenvalue weighted by Crippen LogP contribution is 2.54. The summed E-state index contributed by atoms with van der Waals surface area (Å²) in [5.41, 5.74) is 9.96. The number of nitrogens with one attached hydrogen (secondary N) is 3. The molecule has 41 heavy (non-hydrogen) atoms. The van der Waals surface area contributed by atoms with E-state index in [4.69, 9.17) is 5.73 Å². The standard InChI is InChI=1S/C30H35N9O2/c1-16-10-22(14-31)39(19(16)4)18(3)15-34-17(2)13-30(29-35-37-38-36-29)25-8-6-20(27(32)40)11-23(25)24-12-21(28(41)33-5)7-9-26(24)30/h6-9,11-12,16-17,19,22,34H,3,10,13,15H2,1-2,4-5H3,(H2,32,40)(H,33,41)(H,35,36,37,38)/t16-,17+,19?,22?,30?/m0/s1. The number of aromatic nitrogens is 4. The van der Waals surface area contributed by atoms with Crippen LogP contribution in [0.4, 0.5) is 0 Å². The van der Waals surface area contributed by atoms with Crippen LogP contribution in [0.1, 0.15) is 71.3 Å². The molecule has 1 aliphatic carbocycles. The summed E-state index contributed by atoms with van der Waals surface area (Å²) in [4.78, 5) is 26.8. The number of aromatic amines is 1. The Bertz CT molecular complexity index is 1540. The molecule has 2 amide bonds. The average molecular weight is 554 g/mol. The second-order valence-electron chi connectivity index (χ2n) is 11.2. The summed E-state index contributed by atoms with van der Waals surface area (Å²) in [6.07, 6.45) is 1.37. The number of carbonyl (C=O) groups excluding carboxylic acids is 2. The van der Waals surface area contributed by atoms with Crippen molar-refractivity contribution >= 4 is 11.8 Å². The predicted molar refractivity (Wildman–Crippen MR) is 154 cm³/mol. The lowest BCUT2D eigenvalue weighted by Gasteiger charge is -2.34. The summed E-state index contributed by atoms with van der Waals surface area (Å²) in [5.74, 6) is 0.138. The molecule has 5 atom stereocenters. The molecule has 1 saturated heterocycles. The first-order valence-corrected chi connectivity index (χ1v) is 13.8. The fourth-order valence-corrected chi connectivity index (χ4v) is 6.52. The van der Waals surface area contributed by atoms with E-state index >= 15 is 0 Å². The monoisotopic (exact) mass is 553 g/mol. The number of H-pyrrole nitrogens is 1. The molecular weight excluding hydrogens is 518 g/mol. The fraction of sp³-hybridized carbons (Fsp3) is 0.400. The van der Waals surface area contributed by atoms with Crippen LogP contribution in [0, 0.1) is 17.2 Å². The van der Waals surface area contributed by atoms with Crippen molar-refractivity contribution in [3.8, 4) is 17.2 Å². The fourth-order valence-electron chi connectivity index (χ4n) is 6.52.